The largest absolute Gasteiger partial charge is 0.325 e. The predicted octanol–water partition coefficient (Wildman–Crippen LogP) is 4.26. The van der Waals surface area contributed by atoms with Gasteiger partial charge in [0.25, 0.3) is 0 Å². The summed E-state index contributed by atoms with van der Waals surface area (Å²) in [5, 5.41) is 5.48. The van der Waals surface area contributed by atoms with E-state index in [4.69, 9.17) is 0 Å². The molecule has 0 aliphatic rings. The molecule has 2 amide bonds. The molecular weight excluding hydrogens is 332 g/mol. The quantitative estimate of drug-likeness (QED) is 0.779. The van der Waals surface area contributed by atoms with E-state index in [9.17, 15) is 9.59 Å². The first kappa shape index (κ1) is 19.1. The second-order valence-electron chi connectivity index (χ2n) is 5.87. The maximum atomic E-state index is 12.3. The fourth-order valence-electron chi connectivity index (χ4n) is 2.30. The number of para-hydroxylation sites is 1. The second kappa shape index (κ2) is 9.28. The van der Waals surface area contributed by atoms with Crippen LogP contribution in [0.5, 0.6) is 0 Å². The minimum atomic E-state index is -0.311. The number of thioether (sulfide) groups is 1. The van der Waals surface area contributed by atoms with Crippen molar-refractivity contribution in [2.24, 2.45) is 0 Å². The zero-order valence-electron chi connectivity index (χ0n) is 14.8. The Bertz CT molecular complexity index is 729. The standard InChI is InChI=1S/C20H24N2O2S/c1-4-16-7-5-6-8-18(16)22-20(24)15(3)25-13-19(23)21-17-11-9-14(2)10-12-17/h5-12,15H,4,13H2,1-3H3,(H,21,23)(H,22,24)/t15-/m0/s1. The summed E-state index contributed by atoms with van der Waals surface area (Å²) in [6, 6.07) is 15.4. The molecule has 4 nitrogen and oxygen atoms in total. The number of benzene rings is 2. The van der Waals surface area contributed by atoms with Gasteiger partial charge < -0.3 is 10.6 Å². The van der Waals surface area contributed by atoms with Crippen LogP contribution in [-0.4, -0.2) is 22.8 Å². The van der Waals surface area contributed by atoms with E-state index in [-0.39, 0.29) is 22.8 Å². The third-order valence-corrected chi connectivity index (χ3v) is 4.97. The van der Waals surface area contributed by atoms with Gasteiger partial charge in [-0.2, -0.15) is 0 Å². The summed E-state index contributed by atoms with van der Waals surface area (Å²) in [6.45, 7) is 5.87. The molecule has 132 valence electrons. The Morgan fingerprint density at radius 2 is 1.72 bits per heavy atom. The van der Waals surface area contributed by atoms with E-state index in [1.165, 1.54) is 11.8 Å². The number of anilines is 2. The van der Waals surface area contributed by atoms with Crippen molar-refractivity contribution in [2.75, 3.05) is 16.4 Å². The van der Waals surface area contributed by atoms with Crippen LogP contribution in [-0.2, 0) is 16.0 Å². The highest BCUT2D eigenvalue weighted by molar-refractivity contribution is 8.01. The van der Waals surface area contributed by atoms with Crippen LogP contribution in [0.15, 0.2) is 48.5 Å². The van der Waals surface area contributed by atoms with Crippen molar-refractivity contribution in [3.8, 4) is 0 Å². The molecule has 1 atom stereocenters. The molecule has 0 unspecified atom stereocenters. The molecule has 0 radical (unpaired) electrons. The van der Waals surface area contributed by atoms with Crippen molar-refractivity contribution in [3.63, 3.8) is 0 Å². The molecule has 2 rings (SSSR count). The lowest BCUT2D eigenvalue weighted by Crippen LogP contribution is -2.25. The van der Waals surface area contributed by atoms with Crippen molar-refractivity contribution in [1.82, 2.24) is 0 Å². The SMILES string of the molecule is CCc1ccccc1NC(=O)[C@H](C)SCC(=O)Nc1ccc(C)cc1. The smallest absolute Gasteiger partial charge is 0.237 e. The molecule has 25 heavy (non-hydrogen) atoms. The van der Waals surface area contributed by atoms with Gasteiger partial charge in [0.15, 0.2) is 0 Å². The summed E-state index contributed by atoms with van der Waals surface area (Å²) in [6.07, 6.45) is 0.858. The van der Waals surface area contributed by atoms with E-state index in [2.05, 4.69) is 17.6 Å². The fourth-order valence-corrected chi connectivity index (χ4v) is 2.98. The number of aryl methyl sites for hydroxylation is 2. The average molecular weight is 356 g/mol. The third kappa shape index (κ3) is 5.94. The van der Waals surface area contributed by atoms with Crippen LogP contribution in [0.2, 0.25) is 0 Å². The minimum Gasteiger partial charge on any atom is -0.325 e. The van der Waals surface area contributed by atoms with Gasteiger partial charge in [0.2, 0.25) is 11.8 Å². The summed E-state index contributed by atoms with van der Waals surface area (Å²) in [5.74, 6) is 0.0363. The molecule has 0 aromatic heterocycles. The number of nitrogens with one attached hydrogen (secondary N) is 2. The number of carbonyl (C=O) groups excluding carboxylic acids is 2. The van der Waals surface area contributed by atoms with E-state index in [1.54, 1.807) is 0 Å². The Kier molecular flexibility index (Phi) is 7.07. The van der Waals surface area contributed by atoms with E-state index in [1.807, 2.05) is 62.4 Å². The topological polar surface area (TPSA) is 58.2 Å². The fraction of sp³-hybridized carbons (Fsp3) is 0.300. The molecule has 5 heteroatoms. The van der Waals surface area contributed by atoms with E-state index in [0.717, 1.165) is 28.9 Å². The molecule has 2 N–H and O–H groups in total. The lowest BCUT2D eigenvalue weighted by molar-refractivity contribution is -0.115. The number of amides is 2. The van der Waals surface area contributed by atoms with Crippen molar-refractivity contribution in [2.45, 2.75) is 32.4 Å². The van der Waals surface area contributed by atoms with Crippen molar-refractivity contribution in [1.29, 1.82) is 0 Å². The summed E-state index contributed by atoms with van der Waals surface area (Å²) in [7, 11) is 0. The number of carbonyl (C=O) groups is 2. The summed E-state index contributed by atoms with van der Waals surface area (Å²) >= 11 is 1.32. The summed E-state index contributed by atoms with van der Waals surface area (Å²) < 4.78 is 0. The zero-order valence-corrected chi connectivity index (χ0v) is 15.7. The van der Waals surface area contributed by atoms with Gasteiger partial charge in [-0.3, -0.25) is 9.59 Å². The van der Waals surface area contributed by atoms with Gasteiger partial charge in [-0.1, -0.05) is 42.8 Å². The molecule has 0 spiro atoms. The second-order valence-corrected chi connectivity index (χ2v) is 7.20. The monoisotopic (exact) mass is 356 g/mol. The number of hydrogen-bond donors (Lipinski definition) is 2. The Balaban J connectivity index is 1.82. The van der Waals surface area contributed by atoms with Crippen molar-refractivity contribution >= 4 is 35.0 Å². The summed E-state index contributed by atoms with van der Waals surface area (Å²) in [4.78, 5) is 24.3. The highest BCUT2D eigenvalue weighted by atomic mass is 32.2. The molecule has 2 aromatic carbocycles. The number of rotatable bonds is 7. The minimum absolute atomic E-state index is 0.0889. The lowest BCUT2D eigenvalue weighted by atomic mass is 10.1. The van der Waals surface area contributed by atoms with Crippen molar-refractivity contribution in [3.05, 3.63) is 59.7 Å². The Morgan fingerprint density at radius 3 is 2.40 bits per heavy atom. The van der Waals surface area contributed by atoms with Crippen molar-refractivity contribution < 1.29 is 9.59 Å². The number of hydrogen-bond acceptors (Lipinski definition) is 3. The third-order valence-electron chi connectivity index (χ3n) is 3.83. The Labute approximate surface area is 153 Å². The molecular formula is C20H24N2O2S. The van der Waals surface area contributed by atoms with Gasteiger partial charge in [-0.15, -0.1) is 11.8 Å². The van der Waals surface area contributed by atoms with Gasteiger partial charge in [-0.05, 0) is 44.0 Å². The van der Waals surface area contributed by atoms with E-state index >= 15 is 0 Å². The molecule has 2 aromatic rings. The highest BCUT2D eigenvalue weighted by Crippen LogP contribution is 2.19. The van der Waals surface area contributed by atoms with Crippen LogP contribution in [0.1, 0.15) is 25.0 Å². The first-order valence-electron chi connectivity index (χ1n) is 8.36. The zero-order chi connectivity index (χ0) is 18.2. The Morgan fingerprint density at radius 1 is 1.04 bits per heavy atom. The van der Waals surface area contributed by atoms with E-state index < -0.39 is 0 Å². The van der Waals surface area contributed by atoms with Crippen LogP contribution < -0.4 is 10.6 Å². The first-order valence-corrected chi connectivity index (χ1v) is 9.41. The van der Waals surface area contributed by atoms with Gasteiger partial charge in [0.1, 0.15) is 0 Å². The van der Waals surface area contributed by atoms with E-state index in [0.29, 0.717) is 0 Å². The van der Waals surface area contributed by atoms with Gasteiger partial charge >= 0.3 is 0 Å². The normalized spacial score (nSPS) is 11.6. The average Bonchev–Trinajstić information content (AvgIpc) is 2.62. The maximum Gasteiger partial charge on any atom is 0.237 e. The predicted molar refractivity (Wildman–Crippen MR) is 106 cm³/mol. The molecule has 0 fully saturated rings. The molecule has 0 saturated carbocycles. The lowest BCUT2D eigenvalue weighted by Gasteiger charge is -2.14. The van der Waals surface area contributed by atoms with Gasteiger partial charge in [0, 0.05) is 11.4 Å². The van der Waals surface area contributed by atoms with Crippen LogP contribution in [0.3, 0.4) is 0 Å². The van der Waals surface area contributed by atoms with Crippen LogP contribution in [0, 0.1) is 6.92 Å². The van der Waals surface area contributed by atoms with Crippen LogP contribution in [0.4, 0.5) is 11.4 Å². The molecule has 0 bridgehead atoms. The maximum absolute atomic E-state index is 12.3. The van der Waals surface area contributed by atoms with Crippen LogP contribution >= 0.6 is 11.8 Å². The summed E-state index contributed by atoms with van der Waals surface area (Å²) in [5.41, 5.74) is 3.85. The van der Waals surface area contributed by atoms with Gasteiger partial charge in [0.05, 0.1) is 11.0 Å². The molecule has 0 aliphatic heterocycles. The molecule has 0 aliphatic carbocycles. The molecule has 0 saturated heterocycles. The van der Waals surface area contributed by atoms with Gasteiger partial charge in [-0.25, -0.2) is 0 Å². The van der Waals surface area contributed by atoms with Crippen LogP contribution in [0.25, 0.3) is 0 Å². The Hall–Kier alpha value is -2.27. The molecule has 0 heterocycles. The first-order chi connectivity index (χ1) is 12.0. The highest BCUT2D eigenvalue weighted by Gasteiger charge is 2.16.